The molecule has 3 N–H and O–H groups in total. The molecule has 192 valence electrons. The third-order valence-corrected chi connectivity index (χ3v) is 10.8. The fourth-order valence-corrected chi connectivity index (χ4v) is 8.37. The van der Waals surface area contributed by atoms with Crippen molar-refractivity contribution in [2.24, 2.45) is 39.4 Å². The Kier molecular flexibility index (Phi) is 5.74. The molecule has 0 radical (unpaired) electrons. The summed E-state index contributed by atoms with van der Waals surface area (Å²) in [5.41, 5.74) is -3.37. The van der Waals surface area contributed by atoms with Crippen molar-refractivity contribution < 1.29 is 29.7 Å². The molecular weight excluding hydrogens is 444 g/mol. The third-order valence-electron chi connectivity index (χ3n) is 10.8. The normalized spacial score (nSPS) is 42.9. The highest BCUT2D eigenvalue weighted by atomic mass is 16.3. The Bertz CT molecular complexity index is 1070. The number of aliphatic hydroxyl groups is 3. The molecule has 0 heterocycles. The lowest BCUT2D eigenvalue weighted by molar-refractivity contribution is -0.176. The minimum atomic E-state index is -1.67. The molecule has 1 unspecified atom stereocenters. The van der Waals surface area contributed by atoms with Crippen molar-refractivity contribution >= 4 is 17.3 Å². The van der Waals surface area contributed by atoms with Crippen LogP contribution in [0.25, 0.3) is 0 Å². The van der Waals surface area contributed by atoms with Crippen LogP contribution < -0.4 is 0 Å². The Morgan fingerprint density at radius 2 is 1.80 bits per heavy atom. The fourth-order valence-electron chi connectivity index (χ4n) is 8.37. The van der Waals surface area contributed by atoms with Gasteiger partial charge in [0, 0.05) is 23.7 Å². The zero-order valence-electron chi connectivity index (χ0n) is 22.0. The lowest BCUT2D eigenvalue weighted by Gasteiger charge is -2.63. The van der Waals surface area contributed by atoms with Gasteiger partial charge in [-0.05, 0) is 75.9 Å². The van der Waals surface area contributed by atoms with Gasteiger partial charge in [0.2, 0.25) is 5.78 Å². The molecule has 0 aliphatic heterocycles. The summed E-state index contributed by atoms with van der Waals surface area (Å²) >= 11 is 0. The van der Waals surface area contributed by atoms with Gasteiger partial charge < -0.3 is 15.3 Å². The number of Topliss-reactive ketones (excluding diaryl/α,β-unsaturated/α-hetero) is 2. The number of fused-ring (bicyclic) bond motifs is 5. The van der Waals surface area contributed by atoms with E-state index in [0.717, 1.165) is 12.0 Å². The lowest BCUT2D eigenvalue weighted by Crippen LogP contribution is -2.64. The van der Waals surface area contributed by atoms with Crippen LogP contribution in [0.4, 0.5) is 0 Å². The first-order chi connectivity index (χ1) is 16.0. The summed E-state index contributed by atoms with van der Waals surface area (Å²) in [6.07, 6.45) is 7.74. The molecule has 4 aliphatic rings. The van der Waals surface area contributed by atoms with Crippen LogP contribution in [0.3, 0.4) is 0 Å². The van der Waals surface area contributed by atoms with E-state index in [2.05, 4.69) is 13.0 Å². The summed E-state index contributed by atoms with van der Waals surface area (Å²) in [6, 6.07) is 0. The lowest BCUT2D eigenvalue weighted by atomic mass is 9.39. The third kappa shape index (κ3) is 3.25. The summed E-state index contributed by atoms with van der Waals surface area (Å²) < 4.78 is 0. The molecule has 2 fully saturated rings. The number of ketones is 3. The highest BCUT2D eigenvalue weighted by Gasteiger charge is 2.72. The van der Waals surface area contributed by atoms with Crippen LogP contribution in [0.5, 0.6) is 0 Å². The van der Waals surface area contributed by atoms with Gasteiger partial charge in [0.25, 0.3) is 0 Å². The minimum absolute atomic E-state index is 0.0574. The van der Waals surface area contributed by atoms with Crippen molar-refractivity contribution in [1.82, 2.24) is 0 Å². The van der Waals surface area contributed by atoms with Crippen LogP contribution in [0.15, 0.2) is 35.6 Å². The summed E-state index contributed by atoms with van der Waals surface area (Å²) in [5, 5.41) is 31.6. The highest BCUT2D eigenvalue weighted by Crippen LogP contribution is 2.73. The molecule has 0 aromatic rings. The summed E-state index contributed by atoms with van der Waals surface area (Å²) in [6.45, 7) is 12.9. The van der Waals surface area contributed by atoms with E-state index in [0.29, 0.717) is 12.8 Å². The largest absolute Gasteiger partial charge is 0.505 e. The quantitative estimate of drug-likeness (QED) is 0.406. The van der Waals surface area contributed by atoms with Crippen molar-refractivity contribution in [2.75, 3.05) is 0 Å². The van der Waals surface area contributed by atoms with Gasteiger partial charge in [0.1, 0.15) is 11.4 Å². The molecule has 6 heteroatoms. The average molecular weight is 485 g/mol. The first-order valence-electron chi connectivity index (χ1n) is 12.8. The second-order valence-corrected chi connectivity index (χ2v) is 12.9. The molecule has 8 atom stereocenters. The van der Waals surface area contributed by atoms with Crippen LogP contribution in [0, 0.1) is 39.4 Å². The molecule has 0 spiro atoms. The Morgan fingerprint density at radius 1 is 1.17 bits per heavy atom. The van der Waals surface area contributed by atoms with Crippen molar-refractivity contribution in [3.8, 4) is 0 Å². The minimum Gasteiger partial charge on any atom is -0.505 e. The standard InChI is InChI=1S/C29H40O6/c1-16(30)8-11-22(32)29(7,35)21-12-13-26(4)20-10-9-17-18(14-19(31)24(34)25(17,2)3)28(20,6)23(33)15-27(21,26)5/h8-9,11,14,16,18,20-21,30-31,35H,10,12-13,15H2,1-7H3/b11-8+/t16?,18-,20+,21+,26+,27-,28+,29-/m1/s1. The maximum absolute atomic E-state index is 14.1. The van der Waals surface area contributed by atoms with E-state index in [4.69, 9.17) is 0 Å². The van der Waals surface area contributed by atoms with E-state index in [-0.39, 0.29) is 41.0 Å². The number of hydrogen-bond acceptors (Lipinski definition) is 6. The average Bonchev–Trinajstić information content (AvgIpc) is 3.02. The van der Waals surface area contributed by atoms with Crippen LogP contribution in [-0.2, 0) is 14.4 Å². The number of carbonyl (C=O) groups excluding carboxylic acids is 3. The van der Waals surface area contributed by atoms with Crippen molar-refractivity contribution in [3.63, 3.8) is 0 Å². The molecule has 2 saturated carbocycles. The monoisotopic (exact) mass is 484 g/mol. The maximum Gasteiger partial charge on any atom is 0.206 e. The molecule has 0 amide bonds. The molecule has 0 bridgehead atoms. The van der Waals surface area contributed by atoms with Crippen molar-refractivity contribution in [2.45, 2.75) is 85.9 Å². The van der Waals surface area contributed by atoms with E-state index in [9.17, 15) is 29.7 Å². The maximum atomic E-state index is 14.1. The molecule has 35 heavy (non-hydrogen) atoms. The predicted octanol–water partition coefficient (Wildman–Crippen LogP) is 4.26. The van der Waals surface area contributed by atoms with E-state index < -0.39 is 39.7 Å². The molecule has 4 aliphatic carbocycles. The van der Waals surface area contributed by atoms with Crippen molar-refractivity contribution in [1.29, 1.82) is 0 Å². The molecular formula is C29H40O6. The van der Waals surface area contributed by atoms with Gasteiger partial charge in [0.05, 0.1) is 11.5 Å². The number of hydrogen-bond donors (Lipinski definition) is 3. The van der Waals surface area contributed by atoms with E-state index in [1.165, 1.54) is 19.1 Å². The van der Waals surface area contributed by atoms with Gasteiger partial charge in [0.15, 0.2) is 11.5 Å². The Morgan fingerprint density at radius 3 is 2.40 bits per heavy atom. The topological polar surface area (TPSA) is 112 Å². The number of carbonyl (C=O) groups is 3. The summed E-state index contributed by atoms with van der Waals surface area (Å²) in [5.74, 6) is -1.83. The SMILES string of the molecule is CC(O)/C=C/C(=O)[C@](C)(O)[C@H]1CC[C@@]2(C)[C@@H]3CC=C4[C@@H](C=C(O)C(=O)C4(C)C)[C@]3(C)C(=O)C[C@]12C. The number of aliphatic hydroxyl groups excluding tert-OH is 2. The van der Waals surface area contributed by atoms with Crippen LogP contribution >= 0.6 is 0 Å². The van der Waals surface area contributed by atoms with E-state index in [1.54, 1.807) is 13.0 Å². The number of rotatable bonds is 4. The summed E-state index contributed by atoms with van der Waals surface area (Å²) in [4.78, 5) is 39.9. The second-order valence-electron chi connectivity index (χ2n) is 12.9. The Hall–Kier alpha value is -2.05. The highest BCUT2D eigenvalue weighted by molar-refractivity contribution is 6.02. The first kappa shape index (κ1) is 26.0. The molecule has 0 saturated heterocycles. The van der Waals surface area contributed by atoms with Gasteiger partial charge >= 0.3 is 0 Å². The Labute approximate surface area is 208 Å². The first-order valence-corrected chi connectivity index (χ1v) is 12.8. The smallest absolute Gasteiger partial charge is 0.206 e. The zero-order valence-corrected chi connectivity index (χ0v) is 22.0. The van der Waals surface area contributed by atoms with Gasteiger partial charge in [-0.25, -0.2) is 0 Å². The summed E-state index contributed by atoms with van der Waals surface area (Å²) in [7, 11) is 0. The second kappa shape index (κ2) is 7.72. The van der Waals surface area contributed by atoms with Crippen molar-refractivity contribution in [3.05, 3.63) is 35.6 Å². The Balaban J connectivity index is 1.79. The van der Waals surface area contributed by atoms with Gasteiger partial charge in [-0.2, -0.15) is 0 Å². The number of allylic oxidation sites excluding steroid dienone is 4. The van der Waals surface area contributed by atoms with Gasteiger partial charge in [-0.15, -0.1) is 0 Å². The van der Waals surface area contributed by atoms with E-state index >= 15 is 0 Å². The molecule has 6 nitrogen and oxygen atoms in total. The zero-order chi connectivity index (χ0) is 26.4. The van der Waals surface area contributed by atoms with Crippen LogP contribution in [-0.4, -0.2) is 44.4 Å². The molecule has 0 aromatic heterocycles. The van der Waals surface area contributed by atoms with Crippen LogP contribution in [0.2, 0.25) is 0 Å². The predicted molar refractivity (Wildman–Crippen MR) is 132 cm³/mol. The fraction of sp³-hybridized carbons (Fsp3) is 0.690. The van der Waals surface area contributed by atoms with E-state index in [1.807, 2.05) is 27.7 Å². The van der Waals surface area contributed by atoms with Gasteiger partial charge in [-0.1, -0.05) is 38.5 Å². The molecule has 4 rings (SSSR count). The van der Waals surface area contributed by atoms with Gasteiger partial charge in [-0.3, -0.25) is 14.4 Å². The molecule has 0 aromatic carbocycles. The van der Waals surface area contributed by atoms with Crippen LogP contribution in [0.1, 0.15) is 74.1 Å².